The summed E-state index contributed by atoms with van der Waals surface area (Å²) in [6, 6.07) is 1.77. The van der Waals surface area contributed by atoms with Gasteiger partial charge in [-0.05, 0) is 17.7 Å². The highest BCUT2D eigenvalue weighted by atomic mass is 35.5. The molecular weight excluding hydrogens is 259 g/mol. The van der Waals surface area contributed by atoms with Crippen LogP contribution in [0.2, 0.25) is 5.02 Å². The fourth-order valence-corrected chi connectivity index (χ4v) is 1.44. The van der Waals surface area contributed by atoms with E-state index in [-0.39, 0.29) is 5.56 Å². The van der Waals surface area contributed by atoms with Crippen LogP contribution in [0.1, 0.15) is 17.2 Å². The van der Waals surface area contributed by atoms with Crippen LogP contribution < -0.4 is 5.73 Å². The summed E-state index contributed by atoms with van der Waals surface area (Å²) in [6.07, 6.45) is -4.59. The minimum absolute atomic E-state index is 0.00595. The monoisotopic (exact) mass is 267 g/mol. The predicted molar refractivity (Wildman–Crippen MR) is 55.4 cm³/mol. The highest BCUT2D eigenvalue weighted by Gasteiger charge is 2.34. The molecule has 7 heteroatoms. The van der Waals surface area contributed by atoms with Crippen LogP contribution in [0.25, 0.3) is 0 Å². The van der Waals surface area contributed by atoms with Crippen LogP contribution in [-0.4, -0.2) is 13.1 Å². The van der Waals surface area contributed by atoms with Gasteiger partial charge in [-0.3, -0.25) is 4.79 Å². The smallest absolute Gasteiger partial charge is 0.417 e. The highest BCUT2D eigenvalue weighted by Crippen LogP contribution is 2.35. The van der Waals surface area contributed by atoms with Crippen LogP contribution in [-0.2, 0) is 15.7 Å². The van der Waals surface area contributed by atoms with E-state index in [1.807, 2.05) is 0 Å². The SMILES string of the molecule is COC(=O)[C@H](N)c1ccc(Cl)c(C(F)(F)F)c1. The van der Waals surface area contributed by atoms with Crippen LogP contribution in [0.4, 0.5) is 13.2 Å². The molecule has 0 aliphatic carbocycles. The molecule has 0 amide bonds. The molecule has 0 unspecified atom stereocenters. The molecule has 0 heterocycles. The number of alkyl halides is 3. The summed E-state index contributed by atoms with van der Waals surface area (Å²) in [5.74, 6) is -0.819. The van der Waals surface area contributed by atoms with Crippen LogP contribution >= 0.6 is 11.6 Å². The summed E-state index contributed by atoms with van der Waals surface area (Å²) < 4.78 is 41.9. The molecule has 94 valence electrons. The quantitative estimate of drug-likeness (QED) is 0.838. The van der Waals surface area contributed by atoms with Crippen molar-refractivity contribution in [1.82, 2.24) is 0 Å². The number of hydrogen-bond donors (Lipinski definition) is 1. The molecule has 0 saturated carbocycles. The molecule has 1 aromatic carbocycles. The first kappa shape index (κ1) is 13.8. The third-order valence-corrected chi connectivity index (χ3v) is 2.44. The standard InChI is InChI=1S/C10H9ClF3NO2/c1-17-9(16)8(15)5-2-3-7(11)6(4-5)10(12,13)14/h2-4,8H,15H2,1H3/t8-/m1/s1. The zero-order chi connectivity index (χ0) is 13.2. The average molecular weight is 268 g/mol. The van der Waals surface area contributed by atoms with E-state index in [1.54, 1.807) is 0 Å². The Morgan fingerprint density at radius 2 is 2.06 bits per heavy atom. The summed E-state index contributed by atoms with van der Waals surface area (Å²) in [4.78, 5) is 11.1. The zero-order valence-corrected chi connectivity index (χ0v) is 9.47. The second-order valence-corrected chi connectivity index (χ2v) is 3.65. The maximum atomic E-state index is 12.5. The molecule has 1 aromatic rings. The van der Waals surface area contributed by atoms with E-state index in [0.717, 1.165) is 19.2 Å². The molecule has 0 aliphatic rings. The number of benzene rings is 1. The molecule has 1 atom stereocenters. The maximum Gasteiger partial charge on any atom is 0.417 e. The first-order valence-electron chi connectivity index (χ1n) is 4.47. The van der Waals surface area contributed by atoms with E-state index < -0.39 is 28.8 Å². The van der Waals surface area contributed by atoms with Gasteiger partial charge in [0.15, 0.2) is 0 Å². The number of hydrogen-bond acceptors (Lipinski definition) is 3. The van der Waals surface area contributed by atoms with Crippen molar-refractivity contribution < 1.29 is 22.7 Å². The van der Waals surface area contributed by atoms with E-state index in [9.17, 15) is 18.0 Å². The lowest BCUT2D eigenvalue weighted by molar-refractivity contribution is -0.142. The third-order valence-electron chi connectivity index (χ3n) is 2.11. The van der Waals surface area contributed by atoms with E-state index in [0.29, 0.717) is 0 Å². The molecule has 0 bridgehead atoms. The molecule has 0 saturated heterocycles. The number of esters is 1. The predicted octanol–water partition coefficient (Wildman–Crippen LogP) is 2.53. The number of carbonyl (C=O) groups excluding carboxylic acids is 1. The Morgan fingerprint density at radius 3 is 2.53 bits per heavy atom. The Labute approximate surface area is 100 Å². The van der Waals surface area contributed by atoms with Gasteiger partial charge in [0.05, 0.1) is 17.7 Å². The van der Waals surface area contributed by atoms with E-state index in [4.69, 9.17) is 17.3 Å². The molecule has 17 heavy (non-hydrogen) atoms. The summed E-state index contributed by atoms with van der Waals surface area (Å²) in [7, 11) is 1.10. The summed E-state index contributed by atoms with van der Waals surface area (Å²) in [6.45, 7) is 0. The zero-order valence-electron chi connectivity index (χ0n) is 8.72. The number of halogens is 4. The number of rotatable bonds is 2. The maximum absolute atomic E-state index is 12.5. The van der Waals surface area contributed by atoms with E-state index in [2.05, 4.69) is 4.74 Å². The number of methoxy groups -OCH3 is 1. The van der Waals surface area contributed by atoms with Gasteiger partial charge in [-0.1, -0.05) is 17.7 Å². The lowest BCUT2D eigenvalue weighted by Crippen LogP contribution is -2.23. The minimum atomic E-state index is -4.59. The fraction of sp³-hybridized carbons (Fsp3) is 0.300. The summed E-state index contributed by atoms with van der Waals surface area (Å²) >= 11 is 5.42. The molecule has 3 nitrogen and oxygen atoms in total. The largest absolute Gasteiger partial charge is 0.468 e. The van der Waals surface area contributed by atoms with Gasteiger partial charge in [0.2, 0.25) is 0 Å². The Balaban J connectivity index is 3.17. The van der Waals surface area contributed by atoms with Gasteiger partial charge >= 0.3 is 12.1 Å². The van der Waals surface area contributed by atoms with Crippen molar-refractivity contribution in [2.24, 2.45) is 5.73 Å². The van der Waals surface area contributed by atoms with E-state index in [1.165, 1.54) is 6.07 Å². The Bertz CT molecular complexity index is 434. The van der Waals surface area contributed by atoms with Crippen LogP contribution in [0, 0.1) is 0 Å². The van der Waals surface area contributed by atoms with Crippen LogP contribution in [0.5, 0.6) is 0 Å². The number of carbonyl (C=O) groups is 1. The first-order valence-corrected chi connectivity index (χ1v) is 4.85. The Morgan fingerprint density at radius 1 is 1.47 bits per heavy atom. The fourth-order valence-electron chi connectivity index (χ4n) is 1.22. The second-order valence-electron chi connectivity index (χ2n) is 3.24. The normalized spacial score (nSPS) is 13.3. The summed E-state index contributed by atoms with van der Waals surface area (Å²) in [5, 5.41) is -0.446. The molecular formula is C10H9ClF3NO2. The van der Waals surface area contributed by atoms with Crippen molar-refractivity contribution in [2.75, 3.05) is 7.11 Å². The van der Waals surface area contributed by atoms with Gasteiger partial charge in [-0.15, -0.1) is 0 Å². The molecule has 0 aromatic heterocycles. The Hall–Kier alpha value is -1.27. The molecule has 0 aliphatic heterocycles. The van der Waals surface area contributed by atoms with Crippen molar-refractivity contribution in [3.63, 3.8) is 0 Å². The molecule has 1 rings (SSSR count). The van der Waals surface area contributed by atoms with Gasteiger partial charge in [-0.25, -0.2) is 0 Å². The van der Waals surface area contributed by atoms with Crippen molar-refractivity contribution in [3.8, 4) is 0 Å². The summed E-state index contributed by atoms with van der Waals surface area (Å²) in [5.41, 5.74) is 4.39. The van der Waals surface area contributed by atoms with Crippen molar-refractivity contribution in [2.45, 2.75) is 12.2 Å². The topological polar surface area (TPSA) is 52.3 Å². The van der Waals surface area contributed by atoms with Gasteiger partial charge < -0.3 is 10.5 Å². The number of nitrogens with two attached hydrogens (primary N) is 1. The minimum Gasteiger partial charge on any atom is -0.468 e. The lowest BCUT2D eigenvalue weighted by Gasteiger charge is -2.14. The van der Waals surface area contributed by atoms with Gasteiger partial charge in [0.1, 0.15) is 6.04 Å². The van der Waals surface area contributed by atoms with Crippen molar-refractivity contribution in [1.29, 1.82) is 0 Å². The van der Waals surface area contributed by atoms with Gasteiger partial charge in [0, 0.05) is 0 Å². The average Bonchev–Trinajstić information content (AvgIpc) is 2.26. The van der Waals surface area contributed by atoms with Crippen LogP contribution in [0.3, 0.4) is 0 Å². The molecule has 0 spiro atoms. The molecule has 0 fully saturated rings. The number of ether oxygens (including phenoxy) is 1. The van der Waals surface area contributed by atoms with Gasteiger partial charge in [0.25, 0.3) is 0 Å². The first-order chi connectivity index (χ1) is 7.77. The molecule has 0 radical (unpaired) electrons. The Kier molecular flexibility index (Phi) is 4.00. The third kappa shape index (κ3) is 3.10. The van der Waals surface area contributed by atoms with Gasteiger partial charge in [-0.2, -0.15) is 13.2 Å². The van der Waals surface area contributed by atoms with Crippen molar-refractivity contribution >= 4 is 17.6 Å². The van der Waals surface area contributed by atoms with Crippen LogP contribution in [0.15, 0.2) is 18.2 Å². The molecule has 2 N–H and O–H groups in total. The lowest BCUT2D eigenvalue weighted by atomic mass is 10.0. The van der Waals surface area contributed by atoms with E-state index >= 15 is 0 Å². The second kappa shape index (κ2) is 4.93. The van der Waals surface area contributed by atoms with Crippen molar-refractivity contribution in [3.05, 3.63) is 34.3 Å². The highest BCUT2D eigenvalue weighted by molar-refractivity contribution is 6.31.